The highest BCUT2D eigenvalue weighted by Crippen LogP contribution is 2.14. The van der Waals surface area contributed by atoms with Gasteiger partial charge in [0.2, 0.25) is 0 Å². The third-order valence-corrected chi connectivity index (χ3v) is 4.05. The molecule has 0 spiro atoms. The maximum absolute atomic E-state index is 11.6. The minimum absolute atomic E-state index is 0.171. The van der Waals surface area contributed by atoms with Crippen molar-refractivity contribution in [1.29, 1.82) is 0 Å². The highest BCUT2D eigenvalue weighted by molar-refractivity contribution is 7.10. The van der Waals surface area contributed by atoms with Crippen molar-refractivity contribution in [3.63, 3.8) is 0 Å². The molecule has 0 fully saturated rings. The van der Waals surface area contributed by atoms with Crippen LogP contribution in [0.15, 0.2) is 35.7 Å². The van der Waals surface area contributed by atoms with Crippen LogP contribution < -0.4 is 15.4 Å². The number of amides is 2. The van der Waals surface area contributed by atoms with E-state index in [1.165, 1.54) is 10.4 Å². The molecule has 1 aromatic carbocycles. The predicted octanol–water partition coefficient (Wildman–Crippen LogP) is 3.24. The lowest BCUT2D eigenvalue weighted by molar-refractivity contribution is 0.236. The van der Waals surface area contributed by atoms with E-state index >= 15 is 0 Å². The molecular formula is C16H20N2O2S. The fraction of sp³-hybridized carbons (Fsp3) is 0.312. The first-order chi connectivity index (χ1) is 10.1. The number of urea groups is 1. The second kappa shape index (κ2) is 7.69. The number of carbonyl (C=O) groups is 1. The Morgan fingerprint density at radius 2 is 2.10 bits per heavy atom. The second-order valence-corrected chi connectivity index (χ2v) is 5.80. The minimum Gasteiger partial charge on any atom is -0.492 e. The first kappa shape index (κ1) is 15.4. The number of rotatable bonds is 6. The lowest BCUT2D eigenvalue weighted by atomic mass is 10.2. The SMILES string of the molecule is Cc1cccc(OCCNC(=O)NCc2sccc2C)c1. The van der Waals surface area contributed by atoms with Gasteiger partial charge in [0.15, 0.2) is 0 Å². The van der Waals surface area contributed by atoms with Crippen molar-refractivity contribution in [3.8, 4) is 5.75 Å². The quantitative estimate of drug-likeness (QED) is 0.805. The summed E-state index contributed by atoms with van der Waals surface area (Å²) in [7, 11) is 0. The molecule has 5 heteroatoms. The highest BCUT2D eigenvalue weighted by Gasteiger charge is 2.03. The van der Waals surface area contributed by atoms with Gasteiger partial charge in [-0.05, 0) is 48.6 Å². The van der Waals surface area contributed by atoms with E-state index < -0.39 is 0 Å². The van der Waals surface area contributed by atoms with Crippen molar-refractivity contribution in [2.24, 2.45) is 0 Å². The summed E-state index contributed by atoms with van der Waals surface area (Å²) in [5.41, 5.74) is 2.37. The second-order valence-electron chi connectivity index (χ2n) is 4.80. The first-order valence-corrected chi connectivity index (χ1v) is 7.77. The van der Waals surface area contributed by atoms with Crippen LogP contribution in [-0.4, -0.2) is 19.2 Å². The van der Waals surface area contributed by atoms with Crippen LogP contribution in [0.4, 0.5) is 4.79 Å². The number of aryl methyl sites for hydroxylation is 2. The van der Waals surface area contributed by atoms with Gasteiger partial charge in [0, 0.05) is 4.88 Å². The van der Waals surface area contributed by atoms with Gasteiger partial charge in [0.25, 0.3) is 0 Å². The summed E-state index contributed by atoms with van der Waals surface area (Å²) in [4.78, 5) is 12.8. The molecule has 1 aromatic heterocycles. The van der Waals surface area contributed by atoms with Gasteiger partial charge in [0.1, 0.15) is 12.4 Å². The number of nitrogens with one attached hydrogen (secondary N) is 2. The summed E-state index contributed by atoms with van der Waals surface area (Å²) in [6.45, 7) is 5.55. The molecule has 1 heterocycles. The van der Waals surface area contributed by atoms with Gasteiger partial charge >= 0.3 is 6.03 Å². The third kappa shape index (κ3) is 5.11. The number of hydrogen-bond acceptors (Lipinski definition) is 3. The third-order valence-electron chi connectivity index (χ3n) is 3.02. The number of hydrogen-bond donors (Lipinski definition) is 2. The molecule has 2 amide bonds. The summed E-state index contributed by atoms with van der Waals surface area (Å²) in [6, 6.07) is 9.73. The largest absolute Gasteiger partial charge is 0.492 e. The zero-order valence-electron chi connectivity index (χ0n) is 12.3. The Balaban J connectivity index is 1.62. The first-order valence-electron chi connectivity index (χ1n) is 6.89. The van der Waals surface area contributed by atoms with Crippen molar-refractivity contribution >= 4 is 17.4 Å². The molecule has 0 unspecified atom stereocenters. The average molecular weight is 304 g/mol. The lowest BCUT2D eigenvalue weighted by Gasteiger charge is -2.09. The monoisotopic (exact) mass is 304 g/mol. The molecule has 0 atom stereocenters. The summed E-state index contributed by atoms with van der Waals surface area (Å²) in [5, 5.41) is 7.65. The maximum atomic E-state index is 11.6. The van der Waals surface area contributed by atoms with Crippen molar-refractivity contribution < 1.29 is 9.53 Å². The molecule has 0 saturated heterocycles. The van der Waals surface area contributed by atoms with E-state index in [-0.39, 0.29) is 6.03 Å². The van der Waals surface area contributed by atoms with Gasteiger partial charge in [0.05, 0.1) is 13.1 Å². The van der Waals surface area contributed by atoms with Gasteiger partial charge in [-0.1, -0.05) is 12.1 Å². The zero-order chi connectivity index (χ0) is 15.1. The topological polar surface area (TPSA) is 50.4 Å². The van der Waals surface area contributed by atoms with Crippen molar-refractivity contribution in [2.45, 2.75) is 20.4 Å². The number of thiophene rings is 1. The molecule has 21 heavy (non-hydrogen) atoms. The molecule has 2 aromatic rings. The maximum Gasteiger partial charge on any atom is 0.315 e. The van der Waals surface area contributed by atoms with E-state index in [9.17, 15) is 4.79 Å². The summed E-state index contributed by atoms with van der Waals surface area (Å²) in [5.74, 6) is 0.825. The Hall–Kier alpha value is -2.01. The summed E-state index contributed by atoms with van der Waals surface area (Å²) >= 11 is 1.65. The fourth-order valence-electron chi connectivity index (χ4n) is 1.85. The van der Waals surface area contributed by atoms with E-state index in [4.69, 9.17) is 4.74 Å². The average Bonchev–Trinajstić information content (AvgIpc) is 2.87. The highest BCUT2D eigenvalue weighted by atomic mass is 32.1. The van der Waals surface area contributed by atoms with E-state index in [2.05, 4.69) is 16.7 Å². The van der Waals surface area contributed by atoms with Gasteiger partial charge in [-0.3, -0.25) is 0 Å². The lowest BCUT2D eigenvalue weighted by Crippen LogP contribution is -2.37. The summed E-state index contributed by atoms with van der Waals surface area (Å²) in [6.07, 6.45) is 0. The van der Waals surface area contributed by atoms with E-state index in [1.54, 1.807) is 11.3 Å². The Morgan fingerprint density at radius 1 is 1.24 bits per heavy atom. The molecule has 0 aliphatic rings. The number of carbonyl (C=O) groups excluding carboxylic acids is 1. The molecular weight excluding hydrogens is 284 g/mol. The van der Waals surface area contributed by atoms with E-state index in [1.807, 2.05) is 43.5 Å². The van der Waals surface area contributed by atoms with Crippen LogP contribution in [-0.2, 0) is 6.54 Å². The molecule has 2 N–H and O–H groups in total. The molecule has 0 aliphatic heterocycles. The predicted molar refractivity (Wildman–Crippen MR) is 86.0 cm³/mol. The summed E-state index contributed by atoms with van der Waals surface area (Å²) < 4.78 is 5.57. The molecule has 112 valence electrons. The van der Waals surface area contributed by atoms with Gasteiger partial charge in [-0.25, -0.2) is 4.79 Å². The Bertz CT molecular complexity index is 595. The van der Waals surface area contributed by atoms with Crippen LogP contribution >= 0.6 is 11.3 Å². The molecule has 0 radical (unpaired) electrons. The normalized spacial score (nSPS) is 10.2. The smallest absolute Gasteiger partial charge is 0.315 e. The molecule has 4 nitrogen and oxygen atoms in total. The molecule has 0 bridgehead atoms. The number of benzene rings is 1. The molecule has 2 rings (SSSR count). The molecule has 0 saturated carbocycles. The van der Waals surface area contributed by atoms with Crippen molar-refractivity contribution in [3.05, 3.63) is 51.7 Å². The van der Waals surface area contributed by atoms with E-state index in [0.717, 1.165) is 11.3 Å². The zero-order valence-corrected chi connectivity index (χ0v) is 13.1. The van der Waals surface area contributed by atoms with Crippen molar-refractivity contribution in [2.75, 3.05) is 13.2 Å². The van der Waals surface area contributed by atoms with Crippen molar-refractivity contribution in [1.82, 2.24) is 10.6 Å². The Labute approximate surface area is 129 Å². The standard InChI is InChI=1S/C16H20N2O2S/c1-12-4-3-5-14(10-12)20-8-7-17-16(19)18-11-15-13(2)6-9-21-15/h3-6,9-10H,7-8,11H2,1-2H3,(H2,17,18,19). The van der Waals surface area contributed by atoms with Gasteiger partial charge in [-0.15, -0.1) is 11.3 Å². The van der Waals surface area contributed by atoms with Crippen LogP contribution in [0, 0.1) is 13.8 Å². The number of ether oxygens (including phenoxy) is 1. The van der Waals surface area contributed by atoms with Gasteiger partial charge < -0.3 is 15.4 Å². The Kier molecular flexibility index (Phi) is 5.63. The van der Waals surface area contributed by atoms with Crippen LogP contribution in [0.2, 0.25) is 0 Å². The molecule has 0 aliphatic carbocycles. The minimum atomic E-state index is -0.171. The van der Waals surface area contributed by atoms with Gasteiger partial charge in [-0.2, -0.15) is 0 Å². The van der Waals surface area contributed by atoms with Crippen LogP contribution in [0.3, 0.4) is 0 Å². The van der Waals surface area contributed by atoms with Crippen LogP contribution in [0.1, 0.15) is 16.0 Å². The van der Waals surface area contributed by atoms with Crippen LogP contribution in [0.5, 0.6) is 5.75 Å². The van der Waals surface area contributed by atoms with E-state index in [0.29, 0.717) is 19.7 Å². The fourth-order valence-corrected chi connectivity index (χ4v) is 2.69. The van der Waals surface area contributed by atoms with Crippen LogP contribution in [0.25, 0.3) is 0 Å². The Morgan fingerprint density at radius 3 is 2.81 bits per heavy atom.